The molecule has 1 aliphatic heterocycles. The molecule has 0 bridgehead atoms. The molecule has 24 heavy (non-hydrogen) atoms. The van der Waals surface area contributed by atoms with Crippen LogP contribution in [0.3, 0.4) is 0 Å². The molecule has 7 heteroatoms. The Labute approximate surface area is 165 Å². The second kappa shape index (κ2) is 15.2. The molecule has 0 aliphatic carbocycles. The molecule has 1 fully saturated rings. The average molecular weight is 455 g/mol. The van der Waals surface area contributed by atoms with E-state index in [1.807, 2.05) is 0 Å². The number of morpholine rings is 1. The quantitative estimate of drug-likeness (QED) is 0.227. The molecule has 0 aromatic carbocycles. The highest BCUT2D eigenvalue weighted by atomic mass is 127. The van der Waals surface area contributed by atoms with Gasteiger partial charge in [0.05, 0.1) is 13.2 Å². The Morgan fingerprint density at radius 1 is 1.21 bits per heavy atom. The number of rotatable bonds is 10. The van der Waals surface area contributed by atoms with E-state index in [4.69, 9.17) is 4.74 Å². The number of unbranched alkanes of at least 4 members (excludes halogenated alkanes) is 1. The van der Waals surface area contributed by atoms with Gasteiger partial charge in [-0.2, -0.15) is 0 Å². The number of aliphatic imine (C=N–C) groups is 1. The molecular weight excluding hydrogens is 417 g/mol. The number of hydrogen-bond donors (Lipinski definition) is 2. The van der Waals surface area contributed by atoms with Gasteiger partial charge < -0.3 is 20.3 Å². The standard InChI is InChI=1S/C17H37N5O.HI/c1-5-18-17(19-8-6-7-10-21(4)16(2)3)20-9-11-22-12-14-23-15-13-22;/h16H,5-15H2,1-4H3,(H2,18,19,20);1H. The normalized spacial score (nSPS) is 16.3. The molecule has 1 saturated heterocycles. The highest BCUT2D eigenvalue weighted by Gasteiger charge is 2.09. The Morgan fingerprint density at radius 2 is 1.92 bits per heavy atom. The predicted octanol–water partition coefficient (Wildman–Crippen LogP) is 1.61. The van der Waals surface area contributed by atoms with Crippen LogP contribution in [0.1, 0.15) is 33.6 Å². The van der Waals surface area contributed by atoms with Crippen LogP contribution in [-0.2, 0) is 4.74 Å². The first kappa shape index (κ1) is 23.9. The lowest BCUT2D eigenvalue weighted by Crippen LogP contribution is -2.44. The van der Waals surface area contributed by atoms with Gasteiger partial charge >= 0.3 is 0 Å². The SMILES string of the molecule is CCNC(=NCCCCN(C)C(C)C)NCCN1CCOCC1.I. The van der Waals surface area contributed by atoms with Gasteiger partial charge in [-0.25, -0.2) is 0 Å². The molecule has 0 aromatic heterocycles. The Bertz CT molecular complexity index is 322. The van der Waals surface area contributed by atoms with Crippen LogP contribution in [0.25, 0.3) is 0 Å². The lowest BCUT2D eigenvalue weighted by Gasteiger charge is -2.26. The van der Waals surface area contributed by atoms with Crippen molar-refractivity contribution in [2.24, 2.45) is 4.99 Å². The molecule has 2 N–H and O–H groups in total. The van der Waals surface area contributed by atoms with Crippen molar-refractivity contribution in [3.63, 3.8) is 0 Å². The largest absolute Gasteiger partial charge is 0.379 e. The van der Waals surface area contributed by atoms with E-state index in [2.05, 4.69) is 53.2 Å². The van der Waals surface area contributed by atoms with Gasteiger partial charge in [0, 0.05) is 45.3 Å². The third kappa shape index (κ3) is 11.4. The highest BCUT2D eigenvalue weighted by molar-refractivity contribution is 14.0. The lowest BCUT2D eigenvalue weighted by molar-refractivity contribution is 0.0389. The van der Waals surface area contributed by atoms with Crippen LogP contribution >= 0.6 is 24.0 Å². The van der Waals surface area contributed by atoms with Gasteiger partial charge in [-0.1, -0.05) is 0 Å². The lowest BCUT2D eigenvalue weighted by atomic mass is 10.2. The molecular formula is C17H38IN5O. The number of nitrogens with one attached hydrogen (secondary N) is 2. The molecule has 1 rings (SSSR count). The summed E-state index contributed by atoms with van der Waals surface area (Å²) >= 11 is 0. The van der Waals surface area contributed by atoms with E-state index in [0.717, 1.165) is 71.4 Å². The second-order valence-electron chi connectivity index (χ2n) is 6.42. The van der Waals surface area contributed by atoms with E-state index < -0.39 is 0 Å². The number of guanidine groups is 1. The number of halogens is 1. The summed E-state index contributed by atoms with van der Waals surface area (Å²) in [5, 5.41) is 6.76. The molecule has 0 aromatic rings. The topological polar surface area (TPSA) is 52.1 Å². The van der Waals surface area contributed by atoms with Gasteiger partial charge in [-0.05, 0) is 47.2 Å². The van der Waals surface area contributed by atoms with Crippen molar-refractivity contribution in [1.29, 1.82) is 0 Å². The van der Waals surface area contributed by atoms with Crippen LogP contribution < -0.4 is 10.6 Å². The van der Waals surface area contributed by atoms with Crippen molar-refractivity contribution in [3.8, 4) is 0 Å². The van der Waals surface area contributed by atoms with Crippen molar-refractivity contribution in [2.45, 2.75) is 39.7 Å². The van der Waals surface area contributed by atoms with E-state index in [-0.39, 0.29) is 24.0 Å². The van der Waals surface area contributed by atoms with Crippen LogP contribution in [0.5, 0.6) is 0 Å². The fourth-order valence-electron chi connectivity index (χ4n) is 2.42. The van der Waals surface area contributed by atoms with Gasteiger partial charge in [0.2, 0.25) is 0 Å². The summed E-state index contributed by atoms with van der Waals surface area (Å²) < 4.78 is 5.37. The van der Waals surface area contributed by atoms with E-state index >= 15 is 0 Å². The van der Waals surface area contributed by atoms with Crippen molar-refractivity contribution in [3.05, 3.63) is 0 Å². The van der Waals surface area contributed by atoms with Gasteiger partial charge in [0.1, 0.15) is 0 Å². The zero-order valence-electron chi connectivity index (χ0n) is 16.0. The van der Waals surface area contributed by atoms with Crippen LogP contribution in [0.2, 0.25) is 0 Å². The summed E-state index contributed by atoms with van der Waals surface area (Å²) in [7, 11) is 2.19. The maximum atomic E-state index is 5.37. The molecule has 6 nitrogen and oxygen atoms in total. The molecule has 144 valence electrons. The maximum absolute atomic E-state index is 5.37. The minimum atomic E-state index is 0. The molecule has 0 amide bonds. The molecule has 1 heterocycles. The third-order valence-electron chi connectivity index (χ3n) is 4.24. The first-order valence-electron chi connectivity index (χ1n) is 9.16. The first-order valence-corrected chi connectivity index (χ1v) is 9.16. The minimum absolute atomic E-state index is 0. The molecule has 1 aliphatic rings. The van der Waals surface area contributed by atoms with Crippen molar-refractivity contribution >= 4 is 29.9 Å². The second-order valence-corrected chi connectivity index (χ2v) is 6.42. The third-order valence-corrected chi connectivity index (χ3v) is 4.24. The Hall–Kier alpha value is -0.120. The maximum Gasteiger partial charge on any atom is 0.191 e. The summed E-state index contributed by atoms with van der Waals surface area (Å²) in [6, 6.07) is 0.623. The Kier molecular flexibility index (Phi) is 15.1. The van der Waals surface area contributed by atoms with Crippen LogP contribution in [0.4, 0.5) is 0 Å². The van der Waals surface area contributed by atoms with E-state index in [1.54, 1.807) is 0 Å². The van der Waals surface area contributed by atoms with Gasteiger partial charge in [-0.3, -0.25) is 9.89 Å². The van der Waals surface area contributed by atoms with Crippen molar-refractivity contribution in [2.75, 3.05) is 66.1 Å². The van der Waals surface area contributed by atoms with Gasteiger partial charge in [0.15, 0.2) is 5.96 Å². The van der Waals surface area contributed by atoms with Gasteiger partial charge in [-0.15, -0.1) is 24.0 Å². The summed E-state index contributed by atoms with van der Waals surface area (Å²) in [6.45, 7) is 15.3. The predicted molar refractivity (Wildman–Crippen MR) is 114 cm³/mol. The summed E-state index contributed by atoms with van der Waals surface area (Å²) in [5.41, 5.74) is 0. The molecule has 0 unspecified atom stereocenters. The van der Waals surface area contributed by atoms with Crippen molar-refractivity contribution in [1.82, 2.24) is 20.4 Å². The number of nitrogens with zero attached hydrogens (tertiary/aromatic N) is 3. The Balaban J connectivity index is 0.00000529. The van der Waals surface area contributed by atoms with Crippen LogP contribution in [-0.4, -0.2) is 87.9 Å². The minimum Gasteiger partial charge on any atom is -0.379 e. The zero-order chi connectivity index (χ0) is 16.9. The van der Waals surface area contributed by atoms with E-state index in [9.17, 15) is 0 Å². The summed E-state index contributed by atoms with van der Waals surface area (Å²) in [5.74, 6) is 0.943. The highest BCUT2D eigenvalue weighted by Crippen LogP contribution is 1.98. The fourth-order valence-corrected chi connectivity index (χ4v) is 2.42. The molecule has 0 saturated carbocycles. The summed E-state index contributed by atoms with van der Waals surface area (Å²) in [6.07, 6.45) is 2.34. The molecule has 0 spiro atoms. The van der Waals surface area contributed by atoms with Crippen molar-refractivity contribution < 1.29 is 4.74 Å². The first-order chi connectivity index (χ1) is 11.1. The van der Waals surface area contributed by atoms with Gasteiger partial charge in [0.25, 0.3) is 0 Å². The summed E-state index contributed by atoms with van der Waals surface area (Å²) in [4.78, 5) is 9.49. The monoisotopic (exact) mass is 455 g/mol. The molecule has 0 radical (unpaired) electrons. The number of ether oxygens (including phenoxy) is 1. The van der Waals surface area contributed by atoms with E-state index in [0.29, 0.717) is 6.04 Å². The molecule has 0 atom stereocenters. The smallest absolute Gasteiger partial charge is 0.191 e. The van der Waals surface area contributed by atoms with E-state index in [1.165, 1.54) is 6.42 Å². The number of hydrogen-bond acceptors (Lipinski definition) is 4. The zero-order valence-corrected chi connectivity index (χ0v) is 18.3. The fraction of sp³-hybridized carbons (Fsp3) is 0.941. The Morgan fingerprint density at radius 3 is 2.54 bits per heavy atom. The average Bonchev–Trinajstić information content (AvgIpc) is 2.55. The van der Waals surface area contributed by atoms with Crippen LogP contribution in [0, 0.1) is 0 Å². The van der Waals surface area contributed by atoms with Crippen LogP contribution in [0.15, 0.2) is 4.99 Å².